The van der Waals surface area contributed by atoms with Crippen molar-refractivity contribution in [2.24, 2.45) is 0 Å². The Hall–Kier alpha value is -3.65. The van der Waals surface area contributed by atoms with Gasteiger partial charge in [0.2, 0.25) is 21.8 Å². The van der Waals surface area contributed by atoms with E-state index in [4.69, 9.17) is 0 Å². The zero-order valence-corrected chi connectivity index (χ0v) is 25.2. The summed E-state index contributed by atoms with van der Waals surface area (Å²) in [6, 6.07) is 23.7. The van der Waals surface area contributed by atoms with Crippen LogP contribution in [0.5, 0.6) is 0 Å². The van der Waals surface area contributed by atoms with E-state index in [1.165, 1.54) is 4.90 Å². The normalized spacial score (nSPS) is 12.4. The van der Waals surface area contributed by atoms with Gasteiger partial charge in [0.1, 0.15) is 12.6 Å². The summed E-state index contributed by atoms with van der Waals surface area (Å²) in [7, 11) is -3.80. The van der Waals surface area contributed by atoms with Crippen molar-refractivity contribution in [1.82, 2.24) is 10.2 Å². The summed E-state index contributed by atoms with van der Waals surface area (Å²) in [6.45, 7) is 10.2. The van der Waals surface area contributed by atoms with E-state index < -0.39 is 28.5 Å². The van der Waals surface area contributed by atoms with E-state index >= 15 is 0 Å². The molecule has 2 amide bonds. The Kier molecular flexibility index (Phi) is 10.1. The van der Waals surface area contributed by atoms with Crippen LogP contribution >= 0.6 is 0 Å². The van der Waals surface area contributed by atoms with Crippen molar-refractivity contribution in [2.45, 2.75) is 59.0 Å². The van der Waals surface area contributed by atoms with Gasteiger partial charge < -0.3 is 10.2 Å². The number of sulfonamides is 1. The molecule has 0 unspecified atom stereocenters. The number of amides is 2. The molecule has 214 valence electrons. The van der Waals surface area contributed by atoms with E-state index in [9.17, 15) is 18.0 Å². The van der Waals surface area contributed by atoms with E-state index in [-0.39, 0.29) is 17.9 Å². The van der Waals surface area contributed by atoms with Gasteiger partial charge in [0.25, 0.3) is 0 Å². The van der Waals surface area contributed by atoms with Gasteiger partial charge in [-0.05, 0) is 48.1 Å². The van der Waals surface area contributed by atoms with Gasteiger partial charge in [0, 0.05) is 19.5 Å². The molecule has 1 atom stereocenters. The molecule has 0 aliphatic carbocycles. The number of benzene rings is 3. The van der Waals surface area contributed by atoms with Crippen molar-refractivity contribution in [3.05, 3.63) is 101 Å². The molecule has 0 bridgehead atoms. The van der Waals surface area contributed by atoms with Crippen LogP contribution in [0.2, 0.25) is 0 Å². The fraction of sp³-hybridized carbons (Fsp3) is 0.375. The van der Waals surface area contributed by atoms with Gasteiger partial charge >= 0.3 is 0 Å². The van der Waals surface area contributed by atoms with Gasteiger partial charge in [-0.25, -0.2) is 8.42 Å². The molecule has 0 saturated heterocycles. The Morgan fingerprint density at radius 3 is 2.08 bits per heavy atom. The minimum atomic E-state index is -3.80. The highest BCUT2D eigenvalue weighted by Crippen LogP contribution is 2.26. The van der Waals surface area contributed by atoms with E-state index in [0.29, 0.717) is 18.7 Å². The van der Waals surface area contributed by atoms with Crippen LogP contribution in [0.3, 0.4) is 0 Å². The van der Waals surface area contributed by atoms with Crippen molar-refractivity contribution in [3.63, 3.8) is 0 Å². The number of likely N-dealkylation sites (N-methyl/N-ethyl adjacent to an activating group) is 1. The monoisotopic (exact) mass is 563 g/mol. The Labute approximate surface area is 239 Å². The zero-order valence-electron chi connectivity index (χ0n) is 24.3. The lowest BCUT2D eigenvalue weighted by atomic mass is 9.87. The average Bonchev–Trinajstić information content (AvgIpc) is 2.89. The Morgan fingerprint density at radius 2 is 1.52 bits per heavy atom. The van der Waals surface area contributed by atoms with Crippen LogP contribution in [0.4, 0.5) is 5.69 Å². The molecule has 0 saturated carbocycles. The number of rotatable bonds is 11. The molecule has 0 aliphatic heterocycles. The summed E-state index contributed by atoms with van der Waals surface area (Å²) in [6.07, 6.45) is 1.39. The summed E-state index contributed by atoms with van der Waals surface area (Å²) in [5.74, 6) is -0.744. The largest absolute Gasteiger partial charge is 0.355 e. The van der Waals surface area contributed by atoms with E-state index in [1.54, 1.807) is 12.1 Å². The smallest absolute Gasteiger partial charge is 0.244 e. The van der Waals surface area contributed by atoms with Crippen molar-refractivity contribution < 1.29 is 18.0 Å². The quantitative estimate of drug-likeness (QED) is 0.362. The summed E-state index contributed by atoms with van der Waals surface area (Å²) in [4.78, 5) is 29.0. The van der Waals surface area contributed by atoms with Gasteiger partial charge in [0.05, 0.1) is 11.9 Å². The fourth-order valence-corrected chi connectivity index (χ4v) is 5.44. The minimum Gasteiger partial charge on any atom is -0.355 e. The van der Waals surface area contributed by atoms with Gasteiger partial charge in [-0.3, -0.25) is 13.9 Å². The molecular formula is C32H41N3O4S. The van der Waals surface area contributed by atoms with Gasteiger partial charge in [-0.1, -0.05) is 93.1 Å². The fourth-order valence-electron chi connectivity index (χ4n) is 4.59. The number of nitrogens with one attached hydrogen (secondary N) is 1. The van der Waals surface area contributed by atoms with Crippen molar-refractivity contribution in [2.75, 3.05) is 23.7 Å². The number of carbonyl (C=O) groups excluding carboxylic acids is 2. The van der Waals surface area contributed by atoms with Crippen LogP contribution in [0, 0.1) is 6.92 Å². The van der Waals surface area contributed by atoms with Gasteiger partial charge in [-0.2, -0.15) is 0 Å². The second-order valence-electron chi connectivity index (χ2n) is 11.2. The highest BCUT2D eigenvalue weighted by molar-refractivity contribution is 7.92. The SMILES string of the molecule is CCNC(=O)[C@H](Cc1ccccc1)N(Cc1cccc(C)c1)C(=O)CN(c1ccc(C(C)(C)C)cc1)S(C)(=O)=O. The van der Waals surface area contributed by atoms with Gasteiger partial charge in [-0.15, -0.1) is 0 Å². The number of anilines is 1. The first kappa shape index (κ1) is 30.9. The standard InChI is InChI=1S/C32H41N3O4S/c1-7-33-31(37)29(21-25-13-9-8-10-14-25)34(22-26-15-11-12-24(2)20-26)30(36)23-35(40(6,38)39)28-18-16-27(17-19-28)32(3,4)5/h8-20,29H,7,21-23H2,1-6H3,(H,33,37)/t29-/m0/s1. The number of hydrogen-bond acceptors (Lipinski definition) is 4. The highest BCUT2D eigenvalue weighted by Gasteiger charge is 2.33. The summed E-state index contributed by atoms with van der Waals surface area (Å²) < 4.78 is 27.0. The maximum atomic E-state index is 14.1. The maximum Gasteiger partial charge on any atom is 0.244 e. The minimum absolute atomic E-state index is 0.105. The Bertz CT molecular complexity index is 1400. The first-order chi connectivity index (χ1) is 18.8. The molecule has 40 heavy (non-hydrogen) atoms. The third-order valence-corrected chi connectivity index (χ3v) is 7.90. The summed E-state index contributed by atoms with van der Waals surface area (Å²) >= 11 is 0. The highest BCUT2D eigenvalue weighted by atomic mass is 32.2. The first-order valence-electron chi connectivity index (χ1n) is 13.5. The molecule has 0 fully saturated rings. The van der Waals surface area contributed by atoms with Crippen LogP contribution in [-0.4, -0.2) is 50.5 Å². The second-order valence-corrected chi connectivity index (χ2v) is 13.1. The van der Waals surface area contributed by atoms with Crippen molar-refractivity contribution in [3.8, 4) is 0 Å². The predicted octanol–water partition coefficient (Wildman–Crippen LogP) is 4.83. The molecule has 0 heterocycles. The van der Waals surface area contributed by atoms with E-state index in [2.05, 4.69) is 26.1 Å². The second kappa shape index (κ2) is 13.1. The third kappa shape index (κ3) is 8.42. The summed E-state index contributed by atoms with van der Waals surface area (Å²) in [5, 5.41) is 2.87. The van der Waals surface area contributed by atoms with Crippen LogP contribution in [-0.2, 0) is 38.0 Å². The van der Waals surface area contributed by atoms with Crippen LogP contribution < -0.4 is 9.62 Å². The predicted molar refractivity (Wildman–Crippen MR) is 162 cm³/mol. The lowest BCUT2D eigenvalue weighted by molar-refractivity contribution is -0.140. The molecule has 3 aromatic rings. The molecule has 0 aliphatic rings. The number of hydrogen-bond donors (Lipinski definition) is 1. The molecule has 3 aromatic carbocycles. The average molecular weight is 564 g/mol. The molecule has 0 radical (unpaired) electrons. The molecular weight excluding hydrogens is 522 g/mol. The maximum absolute atomic E-state index is 14.1. The zero-order chi connectivity index (χ0) is 29.5. The lowest BCUT2D eigenvalue weighted by Crippen LogP contribution is -2.53. The van der Waals surface area contributed by atoms with Crippen LogP contribution in [0.15, 0.2) is 78.9 Å². The summed E-state index contributed by atoms with van der Waals surface area (Å²) in [5.41, 5.74) is 4.13. The van der Waals surface area contributed by atoms with Gasteiger partial charge in [0.15, 0.2) is 0 Å². The van der Waals surface area contributed by atoms with E-state index in [1.807, 2.05) is 80.6 Å². The van der Waals surface area contributed by atoms with Crippen molar-refractivity contribution >= 4 is 27.5 Å². The van der Waals surface area contributed by atoms with Crippen LogP contribution in [0.25, 0.3) is 0 Å². The Balaban J connectivity index is 2.03. The topological polar surface area (TPSA) is 86.8 Å². The first-order valence-corrected chi connectivity index (χ1v) is 15.4. The lowest BCUT2D eigenvalue weighted by Gasteiger charge is -2.33. The third-order valence-electron chi connectivity index (χ3n) is 6.76. The van der Waals surface area contributed by atoms with E-state index in [0.717, 1.165) is 32.8 Å². The number of nitrogens with zero attached hydrogens (tertiary/aromatic N) is 2. The number of carbonyl (C=O) groups is 2. The van der Waals surface area contributed by atoms with Crippen molar-refractivity contribution in [1.29, 1.82) is 0 Å². The van der Waals surface area contributed by atoms with Crippen LogP contribution in [0.1, 0.15) is 49.9 Å². The number of aryl methyl sites for hydroxylation is 1. The molecule has 8 heteroatoms. The molecule has 0 spiro atoms. The molecule has 1 N–H and O–H groups in total. The molecule has 0 aromatic heterocycles. The Morgan fingerprint density at radius 1 is 0.900 bits per heavy atom. The molecule has 3 rings (SSSR count). The molecule has 7 nitrogen and oxygen atoms in total.